The SMILES string of the molecule is CC1=CC=NC(C)(O)C=C1. The van der Waals surface area contributed by atoms with Gasteiger partial charge in [0.1, 0.15) is 0 Å². The minimum Gasteiger partial charge on any atom is -0.366 e. The van der Waals surface area contributed by atoms with Crippen molar-refractivity contribution in [1.82, 2.24) is 0 Å². The molecule has 0 amide bonds. The van der Waals surface area contributed by atoms with Gasteiger partial charge in [-0.25, -0.2) is 0 Å². The number of aliphatic imine (C=N–C) groups is 1. The molecule has 0 aromatic rings. The van der Waals surface area contributed by atoms with Crippen molar-refractivity contribution in [3.63, 3.8) is 0 Å². The van der Waals surface area contributed by atoms with Gasteiger partial charge in [-0.1, -0.05) is 6.08 Å². The molecule has 1 rings (SSSR count). The van der Waals surface area contributed by atoms with Crippen molar-refractivity contribution >= 4 is 6.21 Å². The quantitative estimate of drug-likeness (QED) is 0.536. The molecule has 0 aromatic heterocycles. The first-order valence-electron chi connectivity index (χ1n) is 3.24. The van der Waals surface area contributed by atoms with Crippen LogP contribution in [0.15, 0.2) is 28.8 Å². The van der Waals surface area contributed by atoms with Crippen molar-refractivity contribution in [2.24, 2.45) is 4.99 Å². The van der Waals surface area contributed by atoms with E-state index < -0.39 is 5.72 Å². The molecule has 0 saturated carbocycles. The lowest BCUT2D eigenvalue weighted by atomic mass is 10.2. The zero-order valence-corrected chi connectivity index (χ0v) is 6.20. The Morgan fingerprint density at radius 2 is 2.30 bits per heavy atom. The summed E-state index contributed by atoms with van der Waals surface area (Å²) in [5.41, 5.74) is 0.0791. The molecule has 2 heteroatoms. The summed E-state index contributed by atoms with van der Waals surface area (Å²) < 4.78 is 0. The maximum Gasteiger partial charge on any atom is 0.172 e. The van der Waals surface area contributed by atoms with E-state index in [-0.39, 0.29) is 0 Å². The molecule has 1 heterocycles. The van der Waals surface area contributed by atoms with Gasteiger partial charge in [-0.05, 0) is 31.6 Å². The average Bonchev–Trinajstić information content (AvgIpc) is 1.94. The molecule has 0 fully saturated rings. The Balaban J connectivity index is 2.88. The van der Waals surface area contributed by atoms with Crippen LogP contribution in [0.25, 0.3) is 0 Å². The minimum absolute atomic E-state index is 1.02. The average molecular weight is 137 g/mol. The smallest absolute Gasteiger partial charge is 0.172 e. The lowest BCUT2D eigenvalue weighted by Gasteiger charge is -2.10. The van der Waals surface area contributed by atoms with E-state index >= 15 is 0 Å². The normalized spacial score (nSPS) is 31.7. The Morgan fingerprint density at radius 1 is 1.60 bits per heavy atom. The molecule has 1 unspecified atom stereocenters. The van der Waals surface area contributed by atoms with Gasteiger partial charge in [0, 0.05) is 6.21 Å². The molecule has 0 bridgehead atoms. The molecule has 2 nitrogen and oxygen atoms in total. The molecule has 0 aliphatic carbocycles. The fraction of sp³-hybridized carbons (Fsp3) is 0.375. The highest BCUT2D eigenvalue weighted by molar-refractivity contribution is 5.74. The maximum atomic E-state index is 9.35. The Bertz CT molecular complexity index is 211. The van der Waals surface area contributed by atoms with Crippen molar-refractivity contribution in [3.8, 4) is 0 Å². The molecule has 1 aliphatic heterocycles. The molecule has 10 heavy (non-hydrogen) atoms. The molecule has 0 radical (unpaired) electrons. The van der Waals surface area contributed by atoms with E-state index in [0.717, 1.165) is 5.57 Å². The second-order valence-electron chi connectivity index (χ2n) is 2.62. The Morgan fingerprint density at radius 3 is 3.00 bits per heavy atom. The Kier molecular flexibility index (Phi) is 1.72. The topological polar surface area (TPSA) is 32.6 Å². The zero-order valence-electron chi connectivity index (χ0n) is 6.20. The lowest BCUT2D eigenvalue weighted by Crippen LogP contribution is -2.16. The van der Waals surface area contributed by atoms with Crippen molar-refractivity contribution in [2.45, 2.75) is 19.6 Å². The summed E-state index contributed by atoms with van der Waals surface area (Å²) in [6.45, 7) is 3.61. The maximum absolute atomic E-state index is 9.35. The first kappa shape index (κ1) is 7.22. The second-order valence-corrected chi connectivity index (χ2v) is 2.62. The van der Waals surface area contributed by atoms with E-state index in [4.69, 9.17) is 0 Å². The largest absolute Gasteiger partial charge is 0.366 e. The molecule has 0 spiro atoms. The number of rotatable bonds is 0. The molecule has 1 N–H and O–H groups in total. The van der Waals surface area contributed by atoms with E-state index in [0.29, 0.717) is 0 Å². The van der Waals surface area contributed by atoms with Crippen LogP contribution in [0.2, 0.25) is 0 Å². The third kappa shape index (κ3) is 1.81. The van der Waals surface area contributed by atoms with Crippen molar-refractivity contribution in [2.75, 3.05) is 0 Å². The first-order valence-corrected chi connectivity index (χ1v) is 3.24. The van der Waals surface area contributed by atoms with Gasteiger partial charge in [-0.3, -0.25) is 4.99 Å². The minimum atomic E-state index is -1.02. The molecule has 0 saturated heterocycles. The summed E-state index contributed by atoms with van der Waals surface area (Å²) in [6.07, 6.45) is 7.00. The van der Waals surface area contributed by atoms with Gasteiger partial charge >= 0.3 is 0 Å². The summed E-state index contributed by atoms with van der Waals surface area (Å²) in [4.78, 5) is 3.87. The van der Waals surface area contributed by atoms with E-state index in [9.17, 15) is 5.11 Å². The predicted octanol–water partition coefficient (Wildman–Crippen LogP) is 1.28. The first-order chi connectivity index (χ1) is 4.60. The lowest BCUT2D eigenvalue weighted by molar-refractivity contribution is 0.123. The van der Waals surface area contributed by atoms with E-state index in [2.05, 4.69) is 4.99 Å². The fourth-order valence-electron chi connectivity index (χ4n) is 0.694. The van der Waals surface area contributed by atoms with Crippen molar-refractivity contribution < 1.29 is 5.11 Å². The third-order valence-electron chi connectivity index (χ3n) is 1.34. The van der Waals surface area contributed by atoms with Crippen LogP contribution in [0.3, 0.4) is 0 Å². The van der Waals surface area contributed by atoms with Crippen LogP contribution in [0.4, 0.5) is 0 Å². The fourth-order valence-corrected chi connectivity index (χ4v) is 0.694. The molecule has 1 atom stereocenters. The molecular weight excluding hydrogens is 126 g/mol. The second kappa shape index (κ2) is 2.39. The number of allylic oxidation sites excluding steroid dienone is 3. The van der Waals surface area contributed by atoms with Crippen LogP contribution in [0.5, 0.6) is 0 Å². The number of nitrogens with zero attached hydrogens (tertiary/aromatic N) is 1. The van der Waals surface area contributed by atoms with Gasteiger partial charge in [-0.2, -0.15) is 0 Å². The van der Waals surface area contributed by atoms with E-state index in [1.54, 1.807) is 19.2 Å². The Hall–Kier alpha value is -0.890. The van der Waals surface area contributed by atoms with Gasteiger partial charge in [0.2, 0.25) is 0 Å². The summed E-state index contributed by atoms with van der Waals surface area (Å²) in [5.74, 6) is 0. The summed E-state index contributed by atoms with van der Waals surface area (Å²) in [5, 5.41) is 9.35. The van der Waals surface area contributed by atoms with Crippen LogP contribution in [0, 0.1) is 0 Å². The van der Waals surface area contributed by atoms with E-state index in [1.807, 2.05) is 19.1 Å². The standard InChI is InChI=1S/C8H11NO/c1-7-3-5-8(2,10)9-6-4-7/h3-6,10H,1-2H3. The van der Waals surface area contributed by atoms with Crippen LogP contribution in [0.1, 0.15) is 13.8 Å². The highest BCUT2D eigenvalue weighted by Crippen LogP contribution is 2.11. The molecule has 0 aromatic carbocycles. The summed E-state index contributed by atoms with van der Waals surface area (Å²) in [7, 11) is 0. The summed E-state index contributed by atoms with van der Waals surface area (Å²) >= 11 is 0. The summed E-state index contributed by atoms with van der Waals surface area (Å²) in [6, 6.07) is 0. The molecular formula is C8H11NO. The number of hydrogen-bond donors (Lipinski definition) is 1. The highest BCUT2D eigenvalue weighted by Gasteiger charge is 2.12. The van der Waals surface area contributed by atoms with Crippen LogP contribution >= 0.6 is 0 Å². The van der Waals surface area contributed by atoms with Gasteiger partial charge < -0.3 is 5.11 Å². The van der Waals surface area contributed by atoms with Crippen LogP contribution in [-0.4, -0.2) is 17.0 Å². The number of aliphatic hydroxyl groups is 1. The third-order valence-corrected chi connectivity index (χ3v) is 1.34. The predicted molar refractivity (Wildman–Crippen MR) is 42.0 cm³/mol. The van der Waals surface area contributed by atoms with E-state index in [1.165, 1.54) is 0 Å². The van der Waals surface area contributed by atoms with Crippen molar-refractivity contribution in [1.29, 1.82) is 0 Å². The van der Waals surface area contributed by atoms with Crippen molar-refractivity contribution in [3.05, 3.63) is 23.8 Å². The molecule has 54 valence electrons. The molecule has 1 aliphatic rings. The monoisotopic (exact) mass is 137 g/mol. The van der Waals surface area contributed by atoms with Crippen LogP contribution in [-0.2, 0) is 0 Å². The van der Waals surface area contributed by atoms with Gasteiger partial charge in [0.25, 0.3) is 0 Å². The zero-order chi connectivity index (χ0) is 7.61. The van der Waals surface area contributed by atoms with Crippen LogP contribution < -0.4 is 0 Å². The number of hydrogen-bond acceptors (Lipinski definition) is 2. The highest BCUT2D eigenvalue weighted by atomic mass is 16.3. The Labute approximate surface area is 60.6 Å². The van der Waals surface area contributed by atoms with Gasteiger partial charge in [-0.15, -0.1) is 0 Å². The van der Waals surface area contributed by atoms with Gasteiger partial charge in [0.05, 0.1) is 0 Å². The van der Waals surface area contributed by atoms with Gasteiger partial charge in [0.15, 0.2) is 5.72 Å².